The summed E-state index contributed by atoms with van der Waals surface area (Å²) in [6.45, 7) is 6.96. The summed E-state index contributed by atoms with van der Waals surface area (Å²) in [6, 6.07) is 0. The molecule has 29 heavy (non-hydrogen) atoms. The fourth-order valence-corrected chi connectivity index (χ4v) is 3.56. The summed E-state index contributed by atoms with van der Waals surface area (Å²) in [5.74, 6) is -0.0929. The molecular weight excluding hydrogens is 360 g/mol. The number of unbranched alkanes of at least 4 members (excludes halogenated alkanes) is 15. The van der Waals surface area contributed by atoms with Crippen molar-refractivity contribution >= 4 is 5.97 Å². The van der Waals surface area contributed by atoms with Crippen LogP contribution in [0.4, 0.5) is 0 Å². The molecule has 0 spiro atoms. The molecule has 0 fully saturated rings. The highest BCUT2D eigenvalue weighted by Gasteiger charge is 2.01. The van der Waals surface area contributed by atoms with Crippen molar-refractivity contribution in [2.45, 2.75) is 149 Å². The molecule has 0 aromatic heterocycles. The van der Waals surface area contributed by atoms with Crippen LogP contribution in [-0.2, 0) is 4.79 Å². The van der Waals surface area contributed by atoms with Gasteiger partial charge in [-0.1, -0.05) is 130 Å². The zero-order chi connectivity index (χ0) is 22.0. The number of carboxylic acid groups (broad SMARTS) is 1. The Kier molecular flexibility index (Phi) is 29.0. The van der Waals surface area contributed by atoms with Crippen molar-refractivity contribution in [3.8, 4) is 0 Å². The van der Waals surface area contributed by atoms with Gasteiger partial charge in [-0.25, -0.2) is 0 Å². The monoisotopic (exact) mass is 414 g/mol. The van der Waals surface area contributed by atoms with Crippen LogP contribution >= 0.6 is 0 Å². The van der Waals surface area contributed by atoms with Crippen molar-refractivity contribution in [2.24, 2.45) is 5.92 Å². The summed E-state index contributed by atoms with van der Waals surface area (Å²) < 4.78 is 0. The van der Waals surface area contributed by atoms with E-state index >= 15 is 0 Å². The fraction of sp³-hybridized carbons (Fsp3) is 0.962. The fourth-order valence-electron chi connectivity index (χ4n) is 3.56. The third-order valence-electron chi connectivity index (χ3n) is 5.80. The highest BCUT2D eigenvalue weighted by molar-refractivity contribution is 5.66. The maximum Gasteiger partial charge on any atom is 0.303 e. The number of carboxylic acids is 1. The van der Waals surface area contributed by atoms with E-state index in [0.29, 0.717) is 18.9 Å². The Hall–Kier alpha value is -0.570. The number of carbonyl (C=O) groups is 1. The Balaban J connectivity index is 0. The van der Waals surface area contributed by atoms with Crippen LogP contribution in [0.5, 0.6) is 0 Å². The lowest BCUT2D eigenvalue weighted by Gasteiger charge is -2.08. The van der Waals surface area contributed by atoms with Gasteiger partial charge >= 0.3 is 5.97 Å². The SMILES string of the molecule is CCCCC(CC)CO.CCCCCCCCCCCCCCCCCC(=O)O. The predicted molar refractivity (Wildman–Crippen MR) is 128 cm³/mol. The van der Waals surface area contributed by atoms with Crippen LogP contribution in [0, 0.1) is 5.92 Å². The molecule has 0 amide bonds. The Morgan fingerprint density at radius 2 is 1.00 bits per heavy atom. The minimum Gasteiger partial charge on any atom is -0.481 e. The molecule has 0 saturated heterocycles. The Morgan fingerprint density at radius 3 is 1.31 bits per heavy atom. The maximum absolute atomic E-state index is 10.3. The molecule has 176 valence electrons. The van der Waals surface area contributed by atoms with E-state index in [4.69, 9.17) is 10.2 Å². The Labute approximate surface area is 183 Å². The second-order valence-corrected chi connectivity index (χ2v) is 8.69. The first-order chi connectivity index (χ1) is 14.1. The average Bonchev–Trinajstić information content (AvgIpc) is 2.72. The highest BCUT2D eigenvalue weighted by Crippen LogP contribution is 2.13. The first-order valence-electron chi connectivity index (χ1n) is 12.9. The normalized spacial score (nSPS) is 11.7. The van der Waals surface area contributed by atoms with Crippen molar-refractivity contribution in [3.63, 3.8) is 0 Å². The number of hydrogen-bond donors (Lipinski definition) is 2. The van der Waals surface area contributed by atoms with Crippen LogP contribution in [0.1, 0.15) is 149 Å². The zero-order valence-electron chi connectivity index (χ0n) is 20.2. The molecule has 0 radical (unpaired) electrons. The second kappa shape index (κ2) is 27.4. The minimum absolute atomic E-state index is 0.345. The van der Waals surface area contributed by atoms with Gasteiger partial charge in [0.05, 0.1) is 0 Å². The molecule has 3 heteroatoms. The third-order valence-corrected chi connectivity index (χ3v) is 5.80. The van der Waals surface area contributed by atoms with Gasteiger partial charge in [0.25, 0.3) is 0 Å². The average molecular weight is 415 g/mol. The maximum atomic E-state index is 10.3. The molecule has 0 aliphatic carbocycles. The summed E-state index contributed by atoms with van der Waals surface area (Å²) in [6.07, 6.45) is 25.0. The molecule has 0 aromatic rings. The topological polar surface area (TPSA) is 57.5 Å². The molecule has 2 N–H and O–H groups in total. The van der Waals surface area contributed by atoms with Crippen LogP contribution in [0.25, 0.3) is 0 Å². The molecule has 0 heterocycles. The molecule has 0 saturated carbocycles. The van der Waals surface area contributed by atoms with Gasteiger partial charge < -0.3 is 10.2 Å². The molecular formula is C26H54O3. The van der Waals surface area contributed by atoms with Crippen molar-refractivity contribution in [3.05, 3.63) is 0 Å². The van der Waals surface area contributed by atoms with Gasteiger partial charge in [0, 0.05) is 13.0 Å². The van der Waals surface area contributed by atoms with Gasteiger partial charge in [-0.05, 0) is 18.8 Å². The summed E-state index contributed by atoms with van der Waals surface area (Å²) in [5.41, 5.74) is 0. The van der Waals surface area contributed by atoms with E-state index in [1.807, 2.05) is 0 Å². The van der Waals surface area contributed by atoms with E-state index in [0.717, 1.165) is 19.3 Å². The van der Waals surface area contributed by atoms with E-state index in [9.17, 15) is 4.79 Å². The van der Waals surface area contributed by atoms with E-state index in [1.165, 1.54) is 103 Å². The van der Waals surface area contributed by atoms with Crippen molar-refractivity contribution in [2.75, 3.05) is 6.61 Å². The van der Waals surface area contributed by atoms with Crippen molar-refractivity contribution in [1.82, 2.24) is 0 Å². The number of rotatable bonds is 21. The van der Waals surface area contributed by atoms with Gasteiger partial charge in [-0.3, -0.25) is 4.79 Å². The summed E-state index contributed by atoms with van der Waals surface area (Å²) in [5, 5.41) is 17.3. The lowest BCUT2D eigenvalue weighted by Crippen LogP contribution is -2.03. The van der Waals surface area contributed by atoms with Crippen LogP contribution in [-0.4, -0.2) is 22.8 Å². The molecule has 3 nitrogen and oxygen atoms in total. The van der Waals surface area contributed by atoms with E-state index < -0.39 is 5.97 Å². The van der Waals surface area contributed by atoms with Gasteiger partial charge in [0.15, 0.2) is 0 Å². The van der Waals surface area contributed by atoms with Gasteiger partial charge in [0.2, 0.25) is 0 Å². The number of hydrogen-bond acceptors (Lipinski definition) is 2. The van der Waals surface area contributed by atoms with E-state index in [2.05, 4.69) is 20.8 Å². The highest BCUT2D eigenvalue weighted by atomic mass is 16.4. The van der Waals surface area contributed by atoms with Crippen molar-refractivity contribution in [1.29, 1.82) is 0 Å². The zero-order valence-corrected chi connectivity index (χ0v) is 20.2. The van der Waals surface area contributed by atoms with Crippen LogP contribution in [0.15, 0.2) is 0 Å². The van der Waals surface area contributed by atoms with Gasteiger partial charge in [-0.2, -0.15) is 0 Å². The smallest absolute Gasteiger partial charge is 0.303 e. The summed E-state index contributed by atoms with van der Waals surface area (Å²) in [4.78, 5) is 10.3. The first kappa shape index (κ1) is 30.6. The number of aliphatic hydroxyl groups is 1. The lowest BCUT2D eigenvalue weighted by molar-refractivity contribution is -0.137. The van der Waals surface area contributed by atoms with Gasteiger partial charge in [0.1, 0.15) is 0 Å². The number of aliphatic carboxylic acids is 1. The third kappa shape index (κ3) is 29.7. The van der Waals surface area contributed by atoms with Crippen LogP contribution in [0.2, 0.25) is 0 Å². The molecule has 1 unspecified atom stereocenters. The van der Waals surface area contributed by atoms with E-state index in [1.54, 1.807) is 0 Å². The van der Waals surface area contributed by atoms with Crippen LogP contribution in [0.3, 0.4) is 0 Å². The van der Waals surface area contributed by atoms with Crippen molar-refractivity contribution < 1.29 is 15.0 Å². The molecule has 0 aliphatic heterocycles. The lowest BCUT2D eigenvalue weighted by atomic mass is 10.0. The Bertz CT molecular complexity index is 300. The molecule has 0 aromatic carbocycles. The van der Waals surface area contributed by atoms with Crippen LogP contribution < -0.4 is 0 Å². The Morgan fingerprint density at radius 1 is 0.621 bits per heavy atom. The molecule has 0 rings (SSSR count). The number of aliphatic hydroxyl groups excluding tert-OH is 1. The van der Waals surface area contributed by atoms with E-state index in [-0.39, 0.29) is 0 Å². The second-order valence-electron chi connectivity index (χ2n) is 8.69. The largest absolute Gasteiger partial charge is 0.481 e. The predicted octanol–water partition coefficient (Wildman–Crippen LogP) is 8.53. The first-order valence-corrected chi connectivity index (χ1v) is 12.9. The molecule has 0 aliphatic rings. The molecule has 1 atom stereocenters. The molecule has 0 bridgehead atoms. The summed E-state index contributed by atoms with van der Waals surface area (Å²) >= 11 is 0. The standard InChI is InChI=1S/C18H36O2.C8H18O/c1-2-3-4-5-6-7-8-9-10-11-12-13-14-15-16-17-18(19)20;1-3-5-6-8(4-2)7-9/h2-17H2,1H3,(H,19,20);8-9H,3-7H2,1-2H3. The minimum atomic E-state index is -0.653. The quantitative estimate of drug-likeness (QED) is 0.185. The summed E-state index contributed by atoms with van der Waals surface area (Å²) in [7, 11) is 0. The van der Waals surface area contributed by atoms with Gasteiger partial charge in [-0.15, -0.1) is 0 Å².